The van der Waals surface area contributed by atoms with Crippen molar-refractivity contribution in [3.05, 3.63) is 11.4 Å². The third-order valence-corrected chi connectivity index (χ3v) is 3.64. The number of nitrogen functional groups attached to an aromatic ring is 1. The van der Waals surface area contributed by atoms with Crippen LogP contribution in [0.25, 0.3) is 0 Å². The van der Waals surface area contributed by atoms with Crippen LogP contribution in [-0.4, -0.2) is 47.2 Å². The summed E-state index contributed by atoms with van der Waals surface area (Å²) in [5, 5.41) is 9.80. The van der Waals surface area contributed by atoms with Gasteiger partial charge in [0.2, 0.25) is 0 Å². The molecule has 4 N–H and O–H groups in total. The minimum atomic E-state index is -0.187. The van der Waals surface area contributed by atoms with E-state index < -0.39 is 0 Å². The fourth-order valence-electron chi connectivity index (χ4n) is 2.17. The van der Waals surface area contributed by atoms with Crippen LogP contribution in [0.1, 0.15) is 48.8 Å². The summed E-state index contributed by atoms with van der Waals surface area (Å²) in [4.78, 5) is 14.2. The lowest BCUT2D eigenvalue weighted by Crippen LogP contribution is -2.35. The summed E-state index contributed by atoms with van der Waals surface area (Å²) in [6, 6.07) is 0. The Labute approximate surface area is 113 Å². The molecule has 1 aliphatic rings. The summed E-state index contributed by atoms with van der Waals surface area (Å²) in [7, 11) is 0. The van der Waals surface area contributed by atoms with E-state index in [1.54, 1.807) is 0 Å². The summed E-state index contributed by atoms with van der Waals surface area (Å²) in [6.07, 6.45) is 2.27. The predicted octanol–water partition coefficient (Wildman–Crippen LogP) is 0.941. The molecule has 0 radical (unpaired) electrons. The van der Waals surface area contributed by atoms with E-state index in [9.17, 15) is 4.79 Å². The molecule has 1 aliphatic carbocycles. The van der Waals surface area contributed by atoms with Crippen molar-refractivity contribution in [2.45, 2.75) is 32.6 Å². The normalized spacial score (nSPS) is 14.9. The zero-order valence-corrected chi connectivity index (χ0v) is 11.7. The second-order valence-electron chi connectivity index (χ2n) is 4.96. The number of hydrogen-bond donors (Lipinski definition) is 3. The third-order valence-electron chi connectivity index (χ3n) is 3.64. The maximum Gasteiger partial charge on any atom is 0.273 e. The van der Waals surface area contributed by atoms with Crippen molar-refractivity contribution in [3.8, 4) is 0 Å². The summed E-state index contributed by atoms with van der Waals surface area (Å²) < 4.78 is 0. The van der Waals surface area contributed by atoms with Gasteiger partial charge in [-0.1, -0.05) is 13.8 Å². The highest BCUT2D eigenvalue weighted by atomic mass is 16.1. The number of aromatic nitrogens is 2. The van der Waals surface area contributed by atoms with E-state index in [1.807, 2.05) is 0 Å². The summed E-state index contributed by atoms with van der Waals surface area (Å²) >= 11 is 0. The smallest absolute Gasteiger partial charge is 0.273 e. The monoisotopic (exact) mass is 265 g/mol. The molecule has 19 heavy (non-hydrogen) atoms. The molecule has 1 aromatic rings. The number of carbonyl (C=O) groups is 1. The molecule has 0 unspecified atom stereocenters. The lowest BCUT2D eigenvalue weighted by Gasteiger charge is -2.17. The lowest BCUT2D eigenvalue weighted by molar-refractivity contribution is 0.0945. The molecular weight excluding hydrogens is 242 g/mol. The van der Waals surface area contributed by atoms with Gasteiger partial charge in [0, 0.05) is 19.0 Å². The van der Waals surface area contributed by atoms with Gasteiger partial charge in [-0.3, -0.25) is 9.89 Å². The number of aromatic amines is 1. The van der Waals surface area contributed by atoms with E-state index in [0.29, 0.717) is 23.8 Å². The Morgan fingerprint density at radius 2 is 2.16 bits per heavy atom. The Hall–Kier alpha value is -1.56. The summed E-state index contributed by atoms with van der Waals surface area (Å²) in [5.41, 5.74) is 7.74. The molecule has 1 heterocycles. The van der Waals surface area contributed by atoms with Gasteiger partial charge in [0.1, 0.15) is 0 Å². The van der Waals surface area contributed by atoms with Crippen LogP contribution in [-0.2, 0) is 0 Å². The van der Waals surface area contributed by atoms with E-state index in [0.717, 1.165) is 38.2 Å². The van der Waals surface area contributed by atoms with Crippen LogP contribution < -0.4 is 11.1 Å². The Kier molecular flexibility index (Phi) is 4.42. The molecule has 1 saturated carbocycles. The highest BCUT2D eigenvalue weighted by Crippen LogP contribution is 2.42. The first-order valence-electron chi connectivity index (χ1n) is 7.01. The van der Waals surface area contributed by atoms with Crippen molar-refractivity contribution in [1.29, 1.82) is 0 Å². The molecule has 1 amide bonds. The van der Waals surface area contributed by atoms with Gasteiger partial charge in [-0.05, 0) is 25.9 Å². The molecule has 106 valence electrons. The number of anilines is 1. The highest BCUT2D eigenvalue weighted by molar-refractivity contribution is 5.97. The fourth-order valence-corrected chi connectivity index (χ4v) is 2.17. The molecule has 0 aromatic carbocycles. The predicted molar refractivity (Wildman–Crippen MR) is 75.1 cm³/mol. The maximum absolute atomic E-state index is 12.0. The third kappa shape index (κ3) is 3.26. The lowest BCUT2D eigenvalue weighted by atomic mass is 10.2. The van der Waals surface area contributed by atoms with Gasteiger partial charge in [0.25, 0.3) is 5.91 Å². The number of likely N-dealkylation sites (N-methyl/N-ethyl adjacent to an activating group) is 1. The number of nitrogens with two attached hydrogens (primary N) is 1. The average Bonchev–Trinajstić information content (AvgIpc) is 3.18. The first kappa shape index (κ1) is 13.9. The van der Waals surface area contributed by atoms with Gasteiger partial charge >= 0.3 is 0 Å². The molecule has 0 atom stereocenters. The number of amides is 1. The molecule has 0 bridgehead atoms. The SMILES string of the molecule is CCN(CC)CCNC(=O)c1n[nH]c(C2CC2)c1N. The maximum atomic E-state index is 12.0. The first-order valence-corrected chi connectivity index (χ1v) is 7.01. The number of nitrogens with zero attached hydrogens (tertiary/aromatic N) is 2. The van der Waals surface area contributed by atoms with Crippen LogP contribution in [0.2, 0.25) is 0 Å². The van der Waals surface area contributed by atoms with Gasteiger partial charge in [-0.15, -0.1) is 0 Å². The van der Waals surface area contributed by atoms with Crippen LogP contribution in [0, 0.1) is 0 Å². The van der Waals surface area contributed by atoms with Gasteiger partial charge in [-0.2, -0.15) is 5.10 Å². The number of H-pyrrole nitrogens is 1. The van der Waals surface area contributed by atoms with Gasteiger partial charge < -0.3 is 16.0 Å². The van der Waals surface area contributed by atoms with Crippen molar-refractivity contribution in [2.24, 2.45) is 0 Å². The standard InChI is InChI=1S/C13H23N5O/c1-3-18(4-2)8-7-15-13(19)12-10(14)11(16-17-12)9-5-6-9/h9H,3-8,14H2,1-2H3,(H,15,19)(H,16,17). The van der Waals surface area contributed by atoms with Gasteiger partial charge in [-0.25, -0.2) is 0 Å². The summed E-state index contributed by atoms with van der Waals surface area (Å²) in [6.45, 7) is 7.66. The molecule has 6 nitrogen and oxygen atoms in total. The highest BCUT2D eigenvalue weighted by Gasteiger charge is 2.30. The number of hydrogen-bond acceptors (Lipinski definition) is 4. The largest absolute Gasteiger partial charge is 0.395 e. The fraction of sp³-hybridized carbons (Fsp3) is 0.692. The van der Waals surface area contributed by atoms with E-state index in [-0.39, 0.29) is 5.91 Å². The van der Waals surface area contributed by atoms with Crippen molar-refractivity contribution in [3.63, 3.8) is 0 Å². The molecule has 2 rings (SSSR count). The van der Waals surface area contributed by atoms with Crippen molar-refractivity contribution in [1.82, 2.24) is 20.4 Å². The zero-order chi connectivity index (χ0) is 13.8. The van der Waals surface area contributed by atoms with Gasteiger partial charge in [0.15, 0.2) is 5.69 Å². The molecule has 1 fully saturated rings. The molecule has 0 spiro atoms. The number of carbonyl (C=O) groups excluding carboxylic acids is 1. The van der Waals surface area contributed by atoms with Crippen LogP contribution >= 0.6 is 0 Å². The molecular formula is C13H23N5O. The minimum absolute atomic E-state index is 0.187. The van der Waals surface area contributed by atoms with Crippen LogP contribution in [0.4, 0.5) is 5.69 Å². The van der Waals surface area contributed by atoms with E-state index in [1.165, 1.54) is 0 Å². The van der Waals surface area contributed by atoms with Gasteiger partial charge in [0.05, 0.1) is 11.4 Å². The van der Waals surface area contributed by atoms with Crippen LogP contribution in [0.3, 0.4) is 0 Å². The Morgan fingerprint density at radius 1 is 1.47 bits per heavy atom. The van der Waals surface area contributed by atoms with Crippen molar-refractivity contribution < 1.29 is 4.79 Å². The summed E-state index contributed by atoms with van der Waals surface area (Å²) in [5.74, 6) is 0.289. The Bertz CT molecular complexity index is 434. The number of rotatable bonds is 7. The van der Waals surface area contributed by atoms with Crippen molar-refractivity contribution >= 4 is 11.6 Å². The van der Waals surface area contributed by atoms with Crippen LogP contribution in [0.5, 0.6) is 0 Å². The quantitative estimate of drug-likeness (QED) is 0.685. The minimum Gasteiger partial charge on any atom is -0.395 e. The van der Waals surface area contributed by atoms with Crippen molar-refractivity contribution in [2.75, 3.05) is 31.9 Å². The second-order valence-corrected chi connectivity index (χ2v) is 4.96. The van der Waals surface area contributed by atoms with E-state index in [4.69, 9.17) is 5.73 Å². The number of nitrogens with one attached hydrogen (secondary N) is 2. The molecule has 1 aromatic heterocycles. The Balaban J connectivity index is 1.86. The second kappa shape index (κ2) is 6.06. The van der Waals surface area contributed by atoms with Crippen LogP contribution in [0.15, 0.2) is 0 Å². The topological polar surface area (TPSA) is 87.0 Å². The average molecular weight is 265 g/mol. The molecule has 0 saturated heterocycles. The first-order chi connectivity index (χ1) is 9.17. The van der Waals surface area contributed by atoms with E-state index in [2.05, 4.69) is 34.3 Å². The molecule has 6 heteroatoms. The van der Waals surface area contributed by atoms with E-state index >= 15 is 0 Å². The molecule has 0 aliphatic heterocycles. The zero-order valence-electron chi connectivity index (χ0n) is 11.7. The Morgan fingerprint density at radius 3 is 2.74 bits per heavy atom.